The fourth-order valence-electron chi connectivity index (χ4n) is 2.41. The summed E-state index contributed by atoms with van der Waals surface area (Å²) >= 11 is 0. The number of hydrogen-bond acceptors (Lipinski definition) is 4. The number of nitrogens with zero attached hydrogens (tertiary/aromatic N) is 2. The average Bonchev–Trinajstić information content (AvgIpc) is 2.51. The number of amides is 2. The number of anilines is 1. The largest absolute Gasteiger partial charge is 0.479 e. The molecule has 1 aromatic rings. The fraction of sp³-hybridized carbons (Fsp3) is 0.353. The van der Waals surface area contributed by atoms with E-state index in [-0.39, 0.29) is 24.1 Å². The second-order valence-electron chi connectivity index (χ2n) is 5.45. The van der Waals surface area contributed by atoms with E-state index in [2.05, 4.69) is 6.58 Å². The quantitative estimate of drug-likeness (QED) is 0.612. The minimum atomic E-state index is -0.546. The highest BCUT2D eigenvalue weighted by atomic mass is 16.5. The van der Waals surface area contributed by atoms with E-state index >= 15 is 0 Å². The third-order valence-corrected chi connectivity index (χ3v) is 3.75. The van der Waals surface area contributed by atoms with Gasteiger partial charge in [-0.05, 0) is 25.1 Å². The van der Waals surface area contributed by atoms with Gasteiger partial charge in [0.1, 0.15) is 5.75 Å². The van der Waals surface area contributed by atoms with Gasteiger partial charge in [0.15, 0.2) is 11.9 Å². The molecule has 6 nitrogen and oxygen atoms in total. The van der Waals surface area contributed by atoms with Crippen LogP contribution in [0.3, 0.4) is 0 Å². The Balaban J connectivity index is 2.25. The van der Waals surface area contributed by atoms with Crippen molar-refractivity contribution in [1.29, 1.82) is 0 Å². The number of ether oxygens (including phenoxy) is 1. The zero-order chi connectivity index (χ0) is 17.1. The van der Waals surface area contributed by atoms with Crippen LogP contribution in [0.15, 0.2) is 30.9 Å². The lowest BCUT2D eigenvalue weighted by Crippen LogP contribution is -2.42. The molecule has 0 saturated carbocycles. The highest BCUT2D eigenvalue weighted by Crippen LogP contribution is 2.34. The molecule has 1 atom stereocenters. The molecule has 1 heterocycles. The van der Waals surface area contributed by atoms with Crippen LogP contribution in [-0.4, -0.2) is 48.7 Å². The molecule has 6 heteroatoms. The van der Waals surface area contributed by atoms with Gasteiger partial charge in [-0.1, -0.05) is 6.08 Å². The van der Waals surface area contributed by atoms with Crippen molar-refractivity contribution in [3.05, 3.63) is 36.4 Å². The van der Waals surface area contributed by atoms with Gasteiger partial charge in [0.05, 0.1) is 12.2 Å². The van der Waals surface area contributed by atoms with Crippen LogP contribution in [0.2, 0.25) is 0 Å². The minimum absolute atomic E-state index is 0.0327. The first-order valence-corrected chi connectivity index (χ1v) is 7.33. The Bertz CT molecular complexity index is 669. The molecule has 23 heavy (non-hydrogen) atoms. The lowest BCUT2D eigenvalue weighted by molar-refractivity contribution is -0.128. The summed E-state index contributed by atoms with van der Waals surface area (Å²) in [6, 6.07) is 4.94. The first-order valence-electron chi connectivity index (χ1n) is 7.33. The van der Waals surface area contributed by atoms with Gasteiger partial charge >= 0.3 is 0 Å². The van der Waals surface area contributed by atoms with E-state index in [9.17, 15) is 14.4 Å². The molecular weight excluding hydrogens is 296 g/mol. The fourth-order valence-corrected chi connectivity index (χ4v) is 2.41. The first kappa shape index (κ1) is 16.7. The number of fused-ring (bicyclic) bond motifs is 1. The zero-order valence-electron chi connectivity index (χ0n) is 13.5. The Morgan fingerprint density at radius 3 is 2.74 bits per heavy atom. The van der Waals surface area contributed by atoms with Crippen molar-refractivity contribution in [1.82, 2.24) is 4.90 Å². The van der Waals surface area contributed by atoms with Crippen LogP contribution in [0.5, 0.6) is 5.75 Å². The van der Waals surface area contributed by atoms with Crippen molar-refractivity contribution in [2.75, 3.05) is 25.0 Å². The number of likely N-dealkylation sites (N-methyl/N-ethyl adjacent to an activating group) is 1. The maximum Gasteiger partial charge on any atom is 0.267 e. The van der Waals surface area contributed by atoms with Gasteiger partial charge < -0.3 is 14.5 Å². The van der Waals surface area contributed by atoms with Gasteiger partial charge in [-0.2, -0.15) is 0 Å². The molecule has 0 aliphatic carbocycles. The second kappa shape index (κ2) is 6.64. The Kier molecular flexibility index (Phi) is 4.83. The maximum atomic E-state index is 12.4. The van der Waals surface area contributed by atoms with Crippen LogP contribution >= 0.6 is 0 Å². The molecule has 0 bridgehead atoms. The molecule has 1 aromatic carbocycles. The van der Waals surface area contributed by atoms with Crippen LogP contribution in [0.25, 0.3) is 0 Å². The molecule has 0 saturated heterocycles. The molecule has 1 unspecified atom stereocenters. The van der Waals surface area contributed by atoms with Gasteiger partial charge in [-0.25, -0.2) is 0 Å². The van der Waals surface area contributed by atoms with E-state index in [0.717, 1.165) is 0 Å². The Morgan fingerprint density at radius 2 is 2.13 bits per heavy atom. The first-order chi connectivity index (χ1) is 10.8. The van der Waals surface area contributed by atoms with E-state index in [1.807, 2.05) is 0 Å². The summed E-state index contributed by atoms with van der Waals surface area (Å²) in [5.74, 6) is -0.00484. The number of Topliss-reactive ketones (excluding diaryl/α,β-unsaturated/α-hetero) is 1. The predicted octanol–water partition coefficient (Wildman–Crippen LogP) is 1.65. The standard InChI is InChI=1S/C17H20N2O4/c1-5-8-19(12(3)20)10-15(21)13-6-7-16-14(9-13)18(4)17(22)11(2)23-16/h5-7,9,11H,1,8,10H2,2-4H3. The van der Waals surface area contributed by atoms with E-state index in [1.54, 1.807) is 38.2 Å². The average molecular weight is 316 g/mol. The lowest BCUT2D eigenvalue weighted by Gasteiger charge is -2.30. The van der Waals surface area contributed by atoms with Crippen LogP contribution in [0, 0.1) is 0 Å². The summed E-state index contributed by atoms with van der Waals surface area (Å²) in [6.07, 6.45) is 1.03. The van der Waals surface area contributed by atoms with Crippen LogP contribution in [-0.2, 0) is 9.59 Å². The van der Waals surface area contributed by atoms with E-state index in [1.165, 1.54) is 16.7 Å². The zero-order valence-corrected chi connectivity index (χ0v) is 13.5. The van der Waals surface area contributed by atoms with Gasteiger partial charge in [-0.15, -0.1) is 6.58 Å². The molecular formula is C17H20N2O4. The van der Waals surface area contributed by atoms with Gasteiger partial charge in [-0.3, -0.25) is 14.4 Å². The smallest absolute Gasteiger partial charge is 0.267 e. The summed E-state index contributed by atoms with van der Waals surface area (Å²) in [6.45, 7) is 6.95. The van der Waals surface area contributed by atoms with Crippen molar-refractivity contribution in [3.8, 4) is 5.75 Å². The predicted molar refractivity (Wildman–Crippen MR) is 86.7 cm³/mol. The molecule has 2 amide bonds. The van der Waals surface area contributed by atoms with E-state index in [4.69, 9.17) is 4.74 Å². The Hall–Kier alpha value is -2.63. The summed E-state index contributed by atoms with van der Waals surface area (Å²) in [4.78, 5) is 38.8. The normalized spacial score (nSPS) is 16.4. The van der Waals surface area contributed by atoms with Crippen molar-refractivity contribution in [2.45, 2.75) is 20.0 Å². The van der Waals surface area contributed by atoms with E-state index < -0.39 is 6.10 Å². The second-order valence-corrected chi connectivity index (χ2v) is 5.45. The summed E-state index contributed by atoms with van der Waals surface area (Å²) in [5.41, 5.74) is 0.980. The summed E-state index contributed by atoms with van der Waals surface area (Å²) in [5, 5.41) is 0. The van der Waals surface area contributed by atoms with Gasteiger partial charge in [0.25, 0.3) is 5.91 Å². The van der Waals surface area contributed by atoms with E-state index in [0.29, 0.717) is 23.5 Å². The lowest BCUT2D eigenvalue weighted by atomic mass is 10.1. The monoisotopic (exact) mass is 316 g/mol. The van der Waals surface area contributed by atoms with Crippen molar-refractivity contribution < 1.29 is 19.1 Å². The maximum absolute atomic E-state index is 12.4. The highest BCUT2D eigenvalue weighted by Gasteiger charge is 2.29. The number of benzene rings is 1. The molecule has 0 N–H and O–H groups in total. The summed E-state index contributed by atoms with van der Waals surface area (Å²) in [7, 11) is 1.65. The molecule has 2 rings (SSSR count). The van der Waals surface area contributed by atoms with Crippen LogP contribution < -0.4 is 9.64 Å². The topological polar surface area (TPSA) is 66.9 Å². The number of ketones is 1. The number of hydrogen-bond donors (Lipinski definition) is 0. The molecule has 0 radical (unpaired) electrons. The highest BCUT2D eigenvalue weighted by molar-refractivity contribution is 6.03. The minimum Gasteiger partial charge on any atom is -0.479 e. The van der Waals surface area contributed by atoms with Gasteiger partial charge in [0, 0.05) is 26.1 Å². The molecule has 1 aliphatic rings. The van der Waals surface area contributed by atoms with Gasteiger partial charge in [0.2, 0.25) is 5.91 Å². The van der Waals surface area contributed by atoms with Crippen LogP contribution in [0.4, 0.5) is 5.69 Å². The van der Waals surface area contributed by atoms with Crippen molar-refractivity contribution in [3.63, 3.8) is 0 Å². The third-order valence-electron chi connectivity index (χ3n) is 3.75. The number of carbonyl (C=O) groups excluding carboxylic acids is 3. The molecule has 122 valence electrons. The molecule has 1 aliphatic heterocycles. The molecule has 0 fully saturated rings. The number of carbonyl (C=O) groups is 3. The van der Waals surface area contributed by atoms with Crippen molar-refractivity contribution >= 4 is 23.3 Å². The Morgan fingerprint density at radius 1 is 1.43 bits per heavy atom. The Labute approximate surface area is 135 Å². The molecule has 0 aromatic heterocycles. The number of rotatable bonds is 5. The summed E-state index contributed by atoms with van der Waals surface area (Å²) < 4.78 is 5.53. The molecule has 0 spiro atoms. The SMILES string of the molecule is C=CCN(CC(=O)c1ccc2c(c1)N(C)C(=O)C(C)O2)C(C)=O. The van der Waals surface area contributed by atoms with Crippen LogP contribution in [0.1, 0.15) is 24.2 Å². The third kappa shape index (κ3) is 3.41. The van der Waals surface area contributed by atoms with Crippen molar-refractivity contribution in [2.24, 2.45) is 0 Å².